The molecule has 0 bridgehead atoms. The van der Waals surface area contributed by atoms with Crippen molar-refractivity contribution in [2.75, 3.05) is 26.2 Å². The van der Waals surface area contributed by atoms with Crippen LogP contribution in [0.1, 0.15) is 17.2 Å². The van der Waals surface area contributed by atoms with E-state index in [1.165, 1.54) is 0 Å². The lowest BCUT2D eigenvalue weighted by molar-refractivity contribution is 0.0180. The summed E-state index contributed by atoms with van der Waals surface area (Å²) < 4.78 is 26.6. The molecule has 96 valence electrons. The predicted molar refractivity (Wildman–Crippen MR) is 64.3 cm³/mol. The number of rotatable bonds is 3. The second-order valence-corrected chi connectivity index (χ2v) is 4.26. The van der Waals surface area contributed by atoms with Gasteiger partial charge in [0.15, 0.2) is 0 Å². The Morgan fingerprint density at radius 3 is 2.50 bits per heavy atom. The van der Waals surface area contributed by atoms with Crippen molar-refractivity contribution in [1.29, 1.82) is 5.26 Å². The van der Waals surface area contributed by atoms with E-state index < -0.39 is 12.5 Å². The first-order valence-electron chi connectivity index (χ1n) is 5.96. The number of nitrogens with zero attached hydrogens (tertiary/aromatic N) is 2. The fraction of sp³-hybridized carbons (Fsp3) is 0.462. The normalized spacial score (nSPS) is 18.6. The molecule has 1 aromatic rings. The minimum Gasteiger partial charge on any atom is -0.314 e. The zero-order chi connectivity index (χ0) is 13.0. The van der Waals surface area contributed by atoms with Gasteiger partial charge in [0.2, 0.25) is 0 Å². The van der Waals surface area contributed by atoms with E-state index in [-0.39, 0.29) is 0 Å². The van der Waals surface area contributed by atoms with E-state index in [2.05, 4.69) is 5.32 Å². The highest BCUT2D eigenvalue weighted by molar-refractivity contribution is 5.39. The Bertz CT molecular complexity index is 436. The van der Waals surface area contributed by atoms with E-state index in [0.717, 1.165) is 0 Å². The average Bonchev–Trinajstić information content (AvgIpc) is 2.40. The van der Waals surface area contributed by atoms with Gasteiger partial charge in [0.1, 0.15) is 0 Å². The van der Waals surface area contributed by atoms with Crippen molar-refractivity contribution in [3.63, 3.8) is 0 Å². The molecule has 1 N–H and O–H groups in total. The smallest absolute Gasteiger partial charge is 0.258 e. The molecule has 1 aliphatic rings. The van der Waals surface area contributed by atoms with E-state index in [1.807, 2.05) is 6.07 Å². The standard InChI is InChI=1S/C13H15F2N3/c14-13(15)12(18-7-5-17-6-8-18)11-4-2-1-3-10(11)9-16/h1-4,12-13,17H,5-8H2/t12-/m1/s1. The van der Waals surface area contributed by atoms with Crippen LogP contribution in [0.4, 0.5) is 8.78 Å². The summed E-state index contributed by atoms with van der Waals surface area (Å²) in [4.78, 5) is 1.75. The number of benzene rings is 1. The molecule has 18 heavy (non-hydrogen) atoms. The van der Waals surface area contributed by atoms with Crippen molar-refractivity contribution in [3.8, 4) is 6.07 Å². The summed E-state index contributed by atoms with van der Waals surface area (Å²) in [5, 5.41) is 12.2. The molecule has 1 heterocycles. The van der Waals surface area contributed by atoms with Crippen molar-refractivity contribution in [3.05, 3.63) is 35.4 Å². The topological polar surface area (TPSA) is 39.1 Å². The summed E-state index contributed by atoms with van der Waals surface area (Å²) in [5.74, 6) is 0. The van der Waals surface area contributed by atoms with E-state index >= 15 is 0 Å². The Balaban J connectivity index is 2.32. The molecule has 0 saturated carbocycles. The van der Waals surface area contributed by atoms with Crippen LogP contribution in [0.5, 0.6) is 0 Å². The highest BCUT2D eigenvalue weighted by Gasteiger charge is 2.31. The summed E-state index contributed by atoms with van der Waals surface area (Å²) >= 11 is 0. The summed E-state index contributed by atoms with van der Waals surface area (Å²) in [6.45, 7) is 2.57. The average molecular weight is 251 g/mol. The third-order valence-electron chi connectivity index (χ3n) is 3.18. The molecule has 1 saturated heterocycles. The van der Waals surface area contributed by atoms with Gasteiger partial charge in [0, 0.05) is 26.2 Å². The Kier molecular flexibility index (Phi) is 4.24. The van der Waals surface area contributed by atoms with Gasteiger partial charge >= 0.3 is 0 Å². The number of hydrogen-bond donors (Lipinski definition) is 1. The first-order valence-corrected chi connectivity index (χ1v) is 5.96. The minimum absolute atomic E-state index is 0.335. The number of alkyl halides is 2. The van der Waals surface area contributed by atoms with Gasteiger partial charge in [0.25, 0.3) is 6.43 Å². The molecule has 5 heteroatoms. The Morgan fingerprint density at radius 1 is 1.22 bits per heavy atom. The third kappa shape index (κ3) is 2.66. The van der Waals surface area contributed by atoms with Gasteiger partial charge in [-0.15, -0.1) is 0 Å². The first kappa shape index (κ1) is 12.9. The maximum atomic E-state index is 13.3. The lowest BCUT2D eigenvalue weighted by Gasteiger charge is -2.34. The van der Waals surface area contributed by atoms with Crippen LogP contribution in [-0.2, 0) is 0 Å². The van der Waals surface area contributed by atoms with Gasteiger partial charge in [0.05, 0.1) is 17.7 Å². The number of piperazine rings is 1. The predicted octanol–water partition coefficient (Wildman–Crippen LogP) is 1.77. The van der Waals surface area contributed by atoms with Gasteiger partial charge in [-0.2, -0.15) is 5.26 Å². The summed E-state index contributed by atoms with van der Waals surface area (Å²) in [6, 6.07) is 7.62. The molecule has 0 unspecified atom stereocenters. The molecule has 0 amide bonds. The molecule has 1 fully saturated rings. The summed E-state index contributed by atoms with van der Waals surface area (Å²) in [6.07, 6.45) is -2.49. The Hall–Kier alpha value is -1.51. The van der Waals surface area contributed by atoms with Crippen molar-refractivity contribution < 1.29 is 8.78 Å². The van der Waals surface area contributed by atoms with Crippen LogP contribution in [0.3, 0.4) is 0 Å². The fourth-order valence-corrected chi connectivity index (χ4v) is 2.31. The molecule has 0 radical (unpaired) electrons. The molecule has 0 aliphatic carbocycles. The Labute approximate surface area is 105 Å². The summed E-state index contributed by atoms with van der Waals surface area (Å²) in [5.41, 5.74) is 0.762. The van der Waals surface area contributed by atoms with Crippen LogP contribution in [-0.4, -0.2) is 37.5 Å². The molecule has 1 aliphatic heterocycles. The van der Waals surface area contributed by atoms with Crippen LogP contribution >= 0.6 is 0 Å². The molecule has 0 spiro atoms. The van der Waals surface area contributed by atoms with Crippen LogP contribution in [0, 0.1) is 11.3 Å². The molecule has 1 aromatic carbocycles. The van der Waals surface area contributed by atoms with Crippen molar-refractivity contribution in [2.45, 2.75) is 12.5 Å². The lowest BCUT2D eigenvalue weighted by atomic mass is 9.99. The molecule has 3 nitrogen and oxygen atoms in total. The van der Waals surface area contributed by atoms with Gasteiger partial charge in [-0.05, 0) is 11.6 Å². The van der Waals surface area contributed by atoms with Crippen molar-refractivity contribution in [1.82, 2.24) is 10.2 Å². The van der Waals surface area contributed by atoms with Crippen molar-refractivity contribution >= 4 is 0 Å². The Morgan fingerprint density at radius 2 is 1.89 bits per heavy atom. The maximum Gasteiger partial charge on any atom is 0.258 e. The largest absolute Gasteiger partial charge is 0.314 e. The SMILES string of the molecule is N#Cc1ccccc1[C@H](C(F)F)N1CCNCC1. The molecule has 0 aromatic heterocycles. The van der Waals surface area contributed by atoms with Crippen LogP contribution in [0.15, 0.2) is 24.3 Å². The monoisotopic (exact) mass is 251 g/mol. The van der Waals surface area contributed by atoms with Crippen molar-refractivity contribution in [2.24, 2.45) is 0 Å². The minimum atomic E-state index is -2.49. The van der Waals surface area contributed by atoms with Crippen LogP contribution in [0.2, 0.25) is 0 Å². The lowest BCUT2D eigenvalue weighted by Crippen LogP contribution is -2.47. The second-order valence-electron chi connectivity index (χ2n) is 4.26. The van der Waals surface area contributed by atoms with E-state index in [1.54, 1.807) is 29.2 Å². The van der Waals surface area contributed by atoms with Gasteiger partial charge in [-0.3, -0.25) is 4.90 Å². The second kappa shape index (κ2) is 5.89. The molecule has 2 rings (SSSR count). The zero-order valence-electron chi connectivity index (χ0n) is 9.94. The number of nitriles is 1. The highest BCUT2D eigenvalue weighted by Crippen LogP contribution is 2.29. The quantitative estimate of drug-likeness (QED) is 0.890. The molecular formula is C13H15F2N3. The maximum absolute atomic E-state index is 13.3. The van der Waals surface area contributed by atoms with E-state index in [4.69, 9.17) is 5.26 Å². The third-order valence-corrected chi connectivity index (χ3v) is 3.18. The highest BCUT2D eigenvalue weighted by atomic mass is 19.3. The van der Waals surface area contributed by atoms with Crippen LogP contribution in [0.25, 0.3) is 0 Å². The van der Waals surface area contributed by atoms with Gasteiger partial charge in [-0.1, -0.05) is 18.2 Å². The van der Waals surface area contributed by atoms with Crippen LogP contribution < -0.4 is 5.32 Å². The van der Waals surface area contributed by atoms with E-state index in [9.17, 15) is 8.78 Å². The van der Waals surface area contributed by atoms with E-state index in [0.29, 0.717) is 37.3 Å². The molecular weight excluding hydrogens is 236 g/mol. The zero-order valence-corrected chi connectivity index (χ0v) is 9.94. The number of hydrogen-bond acceptors (Lipinski definition) is 3. The van der Waals surface area contributed by atoms with Gasteiger partial charge < -0.3 is 5.32 Å². The first-order chi connectivity index (χ1) is 8.74. The summed E-state index contributed by atoms with van der Waals surface area (Å²) in [7, 11) is 0. The number of nitrogens with one attached hydrogen (secondary N) is 1. The van der Waals surface area contributed by atoms with Gasteiger partial charge in [-0.25, -0.2) is 8.78 Å². The molecule has 1 atom stereocenters. The fourth-order valence-electron chi connectivity index (χ4n) is 2.31. The number of halogens is 2.